The average Bonchev–Trinajstić information content (AvgIpc) is 3.39. The van der Waals surface area contributed by atoms with Crippen LogP contribution in [0, 0.1) is 17.9 Å². The minimum Gasteiger partial charge on any atom is 0 e. The summed E-state index contributed by atoms with van der Waals surface area (Å²) in [5, 5.41) is 4.27. The Morgan fingerprint density at radius 3 is 2.36 bits per heavy atom. The molecule has 0 amide bonds. The first-order valence-corrected chi connectivity index (χ1v) is 22.5. The zero-order chi connectivity index (χ0) is 31.1. The fourth-order valence-electron chi connectivity index (χ4n) is 5.12. The number of pyridine rings is 2. The Hall–Kier alpha value is -3.22. The number of benzene rings is 4. The van der Waals surface area contributed by atoms with Crippen molar-refractivity contribution in [3.8, 4) is 22.5 Å². The van der Waals surface area contributed by atoms with E-state index < -0.39 is 19.2 Å². The van der Waals surface area contributed by atoms with Crippen molar-refractivity contribution in [1.82, 2.24) is 9.97 Å². The summed E-state index contributed by atoms with van der Waals surface area (Å²) in [4.78, 5) is 9.12. The third-order valence-electron chi connectivity index (χ3n) is 7.54. The van der Waals surface area contributed by atoms with Crippen LogP contribution in [0.5, 0.6) is 0 Å². The predicted octanol–water partition coefficient (Wildman–Crippen LogP) is 10.4. The first kappa shape index (κ1) is 30.8. The summed E-state index contributed by atoms with van der Waals surface area (Å²) >= 11 is -0.149. The van der Waals surface area contributed by atoms with E-state index in [0.717, 1.165) is 59.0 Å². The second kappa shape index (κ2) is 13.4. The van der Waals surface area contributed by atoms with Crippen LogP contribution in [0.25, 0.3) is 53.5 Å². The monoisotopic (exact) mass is 836 g/mol. The van der Waals surface area contributed by atoms with E-state index in [1.165, 1.54) is 10.5 Å². The van der Waals surface area contributed by atoms with Gasteiger partial charge in [0.25, 0.3) is 0 Å². The van der Waals surface area contributed by atoms with Crippen LogP contribution in [0.15, 0.2) is 103 Å². The van der Waals surface area contributed by atoms with Crippen LogP contribution in [0.3, 0.4) is 0 Å². The normalized spacial score (nSPS) is 12.0. The maximum absolute atomic E-state index is 13.9. The van der Waals surface area contributed by atoms with Gasteiger partial charge in [0, 0.05) is 38.1 Å². The molecule has 3 heterocycles. The maximum Gasteiger partial charge on any atom is 0 e. The van der Waals surface area contributed by atoms with Gasteiger partial charge in [-0.3, -0.25) is 4.98 Å². The predicted molar refractivity (Wildman–Crippen MR) is 184 cm³/mol. The molecule has 0 atom stereocenters. The van der Waals surface area contributed by atoms with Gasteiger partial charge < -0.3 is 0 Å². The first-order valence-electron chi connectivity index (χ1n) is 14.9. The van der Waals surface area contributed by atoms with Gasteiger partial charge in [-0.1, -0.05) is 60.5 Å². The Bertz CT molecular complexity index is 2100. The van der Waals surface area contributed by atoms with Gasteiger partial charge in [0.05, 0.1) is 0 Å². The molecule has 0 bridgehead atoms. The molecule has 0 spiro atoms. The molecule has 2 nitrogen and oxygen atoms in total. The smallest absolute Gasteiger partial charge is 0 e. The number of fused-ring (bicyclic) bond motifs is 5. The van der Waals surface area contributed by atoms with Crippen molar-refractivity contribution in [1.29, 1.82) is 0 Å². The molecule has 0 fully saturated rings. The van der Waals surface area contributed by atoms with E-state index in [1.54, 1.807) is 23.6 Å². The fraction of sp³-hybridized carbons (Fsp3) is 0.158. The average molecular weight is 835 g/mol. The minimum atomic E-state index is -1.72. The van der Waals surface area contributed by atoms with Crippen molar-refractivity contribution in [2.75, 3.05) is 0 Å². The second-order valence-electron chi connectivity index (χ2n) is 11.9. The summed E-state index contributed by atoms with van der Waals surface area (Å²) in [6.45, 7) is 3.74. The Morgan fingerprint density at radius 2 is 1.66 bits per heavy atom. The molecule has 0 saturated carbocycles. The molecule has 4 aromatic carbocycles. The molecule has 223 valence electrons. The molecule has 0 unspecified atom stereocenters. The molecule has 44 heavy (non-hydrogen) atoms. The molecule has 0 N–H and O–H groups in total. The van der Waals surface area contributed by atoms with Gasteiger partial charge >= 0.3 is 99.8 Å². The fourth-order valence-corrected chi connectivity index (χ4v) is 8.55. The number of halogens is 1. The van der Waals surface area contributed by atoms with Crippen LogP contribution >= 0.6 is 11.3 Å². The van der Waals surface area contributed by atoms with E-state index in [4.69, 9.17) is 1.37 Å². The van der Waals surface area contributed by atoms with Crippen LogP contribution < -0.4 is 4.40 Å². The summed E-state index contributed by atoms with van der Waals surface area (Å²) in [5.74, 6) is 6.20. The number of rotatable bonds is 4. The van der Waals surface area contributed by atoms with Crippen molar-refractivity contribution in [3.05, 3.63) is 127 Å². The zero-order valence-electron chi connectivity index (χ0n) is 26.3. The van der Waals surface area contributed by atoms with Crippen LogP contribution in [0.4, 0.5) is 4.39 Å². The van der Waals surface area contributed by atoms with Gasteiger partial charge in [0.15, 0.2) is 0 Å². The maximum atomic E-state index is 13.9. The van der Waals surface area contributed by atoms with Crippen LogP contribution in [-0.4, -0.2) is 23.2 Å². The molecule has 7 rings (SSSR count). The number of nitrogens with zero attached hydrogens (tertiary/aromatic N) is 2. The summed E-state index contributed by atoms with van der Waals surface area (Å²) in [6.07, 6.45) is 3.79. The summed E-state index contributed by atoms with van der Waals surface area (Å²) in [7, 11) is 0. The van der Waals surface area contributed by atoms with Gasteiger partial charge in [-0.05, 0) is 39.7 Å². The Labute approximate surface area is 280 Å². The third-order valence-corrected chi connectivity index (χ3v) is 13.0. The van der Waals surface area contributed by atoms with Gasteiger partial charge in [0.2, 0.25) is 0 Å². The van der Waals surface area contributed by atoms with Gasteiger partial charge in [0.1, 0.15) is 5.82 Å². The van der Waals surface area contributed by atoms with Gasteiger partial charge in [-0.2, -0.15) is 11.3 Å². The van der Waals surface area contributed by atoms with Crippen LogP contribution in [0.2, 0.25) is 17.3 Å². The summed E-state index contributed by atoms with van der Waals surface area (Å²) < 4.78 is 25.6. The molecule has 1 radical (unpaired) electrons. The van der Waals surface area contributed by atoms with E-state index >= 15 is 0 Å². The topological polar surface area (TPSA) is 25.8 Å². The van der Waals surface area contributed by atoms with Crippen LogP contribution in [-0.2, 0) is 20.1 Å². The molecular formula is C38H33FGeIrN2S-2. The molecule has 7 aromatic rings. The first-order chi connectivity index (χ1) is 21.0. The van der Waals surface area contributed by atoms with Crippen molar-refractivity contribution in [2.45, 2.75) is 37.0 Å². The molecular weight excluding hydrogens is 800 g/mol. The Kier molecular flexibility index (Phi) is 9.39. The van der Waals surface area contributed by atoms with E-state index in [1.807, 2.05) is 80.7 Å². The Balaban J connectivity index is 0.000000202. The van der Waals surface area contributed by atoms with Gasteiger partial charge in [-0.25, -0.2) is 4.39 Å². The minimum absolute atomic E-state index is 0. The number of hydrogen-bond acceptors (Lipinski definition) is 3. The van der Waals surface area contributed by atoms with Crippen molar-refractivity contribution in [2.24, 2.45) is 0 Å². The number of thiophene rings is 1. The van der Waals surface area contributed by atoms with E-state index in [-0.39, 0.29) is 25.9 Å². The largest absolute Gasteiger partial charge is 0 e. The second-order valence-corrected chi connectivity index (χ2v) is 23.6. The Morgan fingerprint density at radius 1 is 0.864 bits per heavy atom. The molecule has 0 aliphatic rings. The standard InChI is InChI=1S/C24H17FNS.C14H16GeN.Ir/c1-14(2)15-9-10-26-21(12-15)20-11-16-5-3-4-6-18(16)23-19-8-7-17(25)13-22(19)27-24(20)23;1-15(2,3)13-9-10-14(16-11-13)12-7-5-4-6-8-12;/h3-10,12-14H,1-2H3;4-7,9-11H,1-3H3;/q2*-1;/i14D;;. The van der Waals surface area contributed by atoms with E-state index in [0.29, 0.717) is 0 Å². The molecule has 0 aliphatic heterocycles. The van der Waals surface area contributed by atoms with Crippen molar-refractivity contribution >= 4 is 59.9 Å². The van der Waals surface area contributed by atoms with E-state index in [9.17, 15) is 4.39 Å². The zero-order valence-corrected chi connectivity index (χ0v) is 30.6. The summed E-state index contributed by atoms with van der Waals surface area (Å²) in [5.41, 5.74) is 4.67. The number of hydrogen-bond donors (Lipinski definition) is 0. The molecule has 0 saturated heterocycles. The van der Waals surface area contributed by atoms with Crippen LogP contribution in [0.1, 0.15) is 26.7 Å². The third kappa shape index (κ3) is 6.72. The van der Waals surface area contributed by atoms with E-state index in [2.05, 4.69) is 57.6 Å². The van der Waals surface area contributed by atoms with Crippen molar-refractivity contribution in [3.63, 3.8) is 0 Å². The quantitative estimate of drug-likeness (QED) is 0.130. The molecule has 0 aliphatic carbocycles. The molecule has 3 aromatic heterocycles. The van der Waals surface area contributed by atoms with Crippen molar-refractivity contribution < 1.29 is 25.9 Å². The SMILES string of the molecule is [2H]C(C)(C)c1ccnc(-c2[c-]c3ccccc3c3c2sc2cc(F)ccc23)c1.[CH3][Ge]([CH3])([CH3])[c]1ccc(-c2[c-]cccc2)nc1.[Ir]. The number of aromatic nitrogens is 2. The van der Waals surface area contributed by atoms with Gasteiger partial charge in [-0.15, -0.1) is 17.5 Å². The summed E-state index contributed by atoms with van der Waals surface area (Å²) in [6, 6.07) is 36.0. The molecule has 6 heteroatoms.